The van der Waals surface area contributed by atoms with Gasteiger partial charge >= 0.3 is 5.97 Å². The zero-order chi connectivity index (χ0) is 13.9. The van der Waals surface area contributed by atoms with Crippen LogP contribution in [0.2, 0.25) is 0 Å². The first kappa shape index (κ1) is 14.0. The standard InChI is InChI=1S/C15H20O4/c1-15(2,3)19-13(16)9-14-17-10-12(18-14)11-7-5-4-6-8-11/h4-8,12,14H,9-10H2,1-3H3/t12-,14+/m1/s1. The fourth-order valence-electron chi connectivity index (χ4n) is 1.93. The van der Waals surface area contributed by atoms with Crippen LogP contribution in [0.25, 0.3) is 0 Å². The minimum Gasteiger partial charge on any atom is -0.460 e. The molecule has 4 heteroatoms. The van der Waals surface area contributed by atoms with Crippen molar-refractivity contribution in [3.8, 4) is 0 Å². The third-order valence-electron chi connectivity index (χ3n) is 2.67. The van der Waals surface area contributed by atoms with Crippen molar-refractivity contribution in [3.05, 3.63) is 35.9 Å². The molecule has 1 aromatic carbocycles. The fourth-order valence-corrected chi connectivity index (χ4v) is 1.93. The van der Waals surface area contributed by atoms with Gasteiger partial charge in [0, 0.05) is 0 Å². The number of hydrogen-bond donors (Lipinski definition) is 0. The molecule has 19 heavy (non-hydrogen) atoms. The summed E-state index contributed by atoms with van der Waals surface area (Å²) in [6.45, 7) is 5.99. The molecule has 0 unspecified atom stereocenters. The van der Waals surface area contributed by atoms with E-state index in [-0.39, 0.29) is 18.5 Å². The van der Waals surface area contributed by atoms with Crippen molar-refractivity contribution in [1.29, 1.82) is 0 Å². The summed E-state index contributed by atoms with van der Waals surface area (Å²) in [5.41, 5.74) is 0.586. The van der Waals surface area contributed by atoms with E-state index < -0.39 is 11.9 Å². The Hall–Kier alpha value is -1.39. The molecule has 1 heterocycles. The summed E-state index contributed by atoms with van der Waals surface area (Å²) in [6.07, 6.45) is -0.491. The third kappa shape index (κ3) is 4.33. The second-order valence-corrected chi connectivity index (χ2v) is 5.59. The van der Waals surface area contributed by atoms with Gasteiger partial charge < -0.3 is 14.2 Å². The van der Waals surface area contributed by atoms with Gasteiger partial charge in [-0.1, -0.05) is 30.3 Å². The second-order valence-electron chi connectivity index (χ2n) is 5.59. The molecule has 2 rings (SSSR count). The van der Waals surface area contributed by atoms with E-state index in [4.69, 9.17) is 14.2 Å². The van der Waals surface area contributed by atoms with E-state index >= 15 is 0 Å². The Morgan fingerprint density at radius 3 is 2.63 bits per heavy atom. The van der Waals surface area contributed by atoms with Gasteiger partial charge in [0.1, 0.15) is 11.7 Å². The molecular weight excluding hydrogens is 244 g/mol. The number of ether oxygens (including phenoxy) is 3. The Bertz CT molecular complexity index is 422. The van der Waals surface area contributed by atoms with Gasteiger partial charge in [-0.15, -0.1) is 0 Å². The molecule has 2 atom stereocenters. The van der Waals surface area contributed by atoms with Crippen molar-refractivity contribution < 1.29 is 19.0 Å². The van der Waals surface area contributed by atoms with E-state index in [0.29, 0.717) is 6.61 Å². The smallest absolute Gasteiger partial charge is 0.311 e. The average molecular weight is 264 g/mol. The fraction of sp³-hybridized carbons (Fsp3) is 0.533. The molecular formula is C15H20O4. The number of benzene rings is 1. The molecule has 1 saturated heterocycles. The first-order valence-electron chi connectivity index (χ1n) is 6.48. The van der Waals surface area contributed by atoms with E-state index in [2.05, 4.69) is 0 Å². The summed E-state index contributed by atoms with van der Waals surface area (Å²) < 4.78 is 16.4. The number of rotatable bonds is 3. The molecule has 1 aliphatic rings. The molecule has 0 aromatic heterocycles. The minimum absolute atomic E-state index is 0.103. The number of esters is 1. The lowest BCUT2D eigenvalue weighted by atomic mass is 10.1. The molecule has 0 amide bonds. The Kier molecular flexibility index (Phi) is 4.22. The Balaban J connectivity index is 1.84. The van der Waals surface area contributed by atoms with E-state index in [1.807, 2.05) is 51.1 Å². The summed E-state index contributed by atoms with van der Waals surface area (Å²) in [4.78, 5) is 11.7. The highest BCUT2D eigenvalue weighted by molar-refractivity contribution is 5.70. The molecule has 0 radical (unpaired) electrons. The Morgan fingerprint density at radius 1 is 1.32 bits per heavy atom. The van der Waals surface area contributed by atoms with Crippen molar-refractivity contribution in [1.82, 2.24) is 0 Å². The summed E-state index contributed by atoms with van der Waals surface area (Å²) >= 11 is 0. The third-order valence-corrected chi connectivity index (χ3v) is 2.67. The Morgan fingerprint density at radius 2 is 2.00 bits per heavy atom. The molecule has 1 aromatic rings. The van der Waals surface area contributed by atoms with Crippen LogP contribution >= 0.6 is 0 Å². The van der Waals surface area contributed by atoms with Crippen LogP contribution in [0.4, 0.5) is 0 Å². The van der Waals surface area contributed by atoms with Crippen molar-refractivity contribution in [2.45, 2.75) is 45.2 Å². The maximum Gasteiger partial charge on any atom is 0.311 e. The SMILES string of the molecule is CC(C)(C)OC(=O)C[C@H]1OC[C@H](c2ccccc2)O1. The van der Waals surface area contributed by atoms with Gasteiger partial charge in [-0.05, 0) is 26.3 Å². The van der Waals surface area contributed by atoms with Crippen molar-refractivity contribution >= 4 is 5.97 Å². The topological polar surface area (TPSA) is 44.8 Å². The highest BCUT2D eigenvalue weighted by atomic mass is 16.7. The van der Waals surface area contributed by atoms with Crippen LogP contribution in [-0.4, -0.2) is 24.5 Å². The first-order chi connectivity index (χ1) is 8.94. The van der Waals surface area contributed by atoms with E-state index in [1.54, 1.807) is 0 Å². The van der Waals surface area contributed by atoms with Crippen LogP contribution in [0.1, 0.15) is 38.9 Å². The van der Waals surface area contributed by atoms with Crippen LogP contribution < -0.4 is 0 Å². The molecule has 0 N–H and O–H groups in total. The number of carbonyl (C=O) groups is 1. The van der Waals surface area contributed by atoms with Gasteiger partial charge in [0.05, 0.1) is 13.0 Å². The lowest BCUT2D eigenvalue weighted by Crippen LogP contribution is -2.26. The quantitative estimate of drug-likeness (QED) is 0.787. The lowest BCUT2D eigenvalue weighted by Gasteiger charge is -2.20. The summed E-state index contributed by atoms with van der Waals surface area (Å²) in [5, 5.41) is 0. The molecule has 1 aliphatic heterocycles. The number of carbonyl (C=O) groups excluding carboxylic acids is 1. The average Bonchev–Trinajstić information content (AvgIpc) is 2.76. The molecule has 0 spiro atoms. The molecule has 0 bridgehead atoms. The first-order valence-corrected chi connectivity index (χ1v) is 6.48. The van der Waals surface area contributed by atoms with Crippen LogP contribution in [0.15, 0.2) is 30.3 Å². The lowest BCUT2D eigenvalue weighted by molar-refractivity contribution is -0.163. The van der Waals surface area contributed by atoms with Gasteiger partial charge in [0.2, 0.25) is 0 Å². The van der Waals surface area contributed by atoms with Crippen molar-refractivity contribution in [2.24, 2.45) is 0 Å². The molecule has 4 nitrogen and oxygen atoms in total. The number of hydrogen-bond acceptors (Lipinski definition) is 4. The maximum absolute atomic E-state index is 11.7. The second kappa shape index (κ2) is 5.72. The normalized spacial score (nSPS) is 23.3. The maximum atomic E-state index is 11.7. The van der Waals surface area contributed by atoms with E-state index in [0.717, 1.165) is 5.56 Å². The van der Waals surface area contributed by atoms with Gasteiger partial charge in [0.15, 0.2) is 6.29 Å². The predicted octanol–water partition coefficient (Wildman–Crippen LogP) is 2.83. The van der Waals surface area contributed by atoms with E-state index in [9.17, 15) is 4.79 Å². The highest BCUT2D eigenvalue weighted by Crippen LogP contribution is 2.28. The molecule has 0 aliphatic carbocycles. The largest absolute Gasteiger partial charge is 0.460 e. The molecule has 104 valence electrons. The predicted molar refractivity (Wildman–Crippen MR) is 70.5 cm³/mol. The monoisotopic (exact) mass is 264 g/mol. The van der Waals surface area contributed by atoms with Gasteiger partial charge in [-0.25, -0.2) is 0 Å². The summed E-state index contributed by atoms with van der Waals surface area (Å²) in [7, 11) is 0. The summed E-state index contributed by atoms with van der Waals surface area (Å²) in [6, 6.07) is 9.85. The van der Waals surface area contributed by atoms with Crippen LogP contribution in [-0.2, 0) is 19.0 Å². The van der Waals surface area contributed by atoms with Crippen LogP contribution in [0, 0.1) is 0 Å². The zero-order valence-electron chi connectivity index (χ0n) is 11.6. The van der Waals surface area contributed by atoms with Crippen LogP contribution in [0.5, 0.6) is 0 Å². The van der Waals surface area contributed by atoms with Crippen LogP contribution in [0.3, 0.4) is 0 Å². The molecule has 1 fully saturated rings. The van der Waals surface area contributed by atoms with E-state index in [1.165, 1.54) is 0 Å². The van der Waals surface area contributed by atoms with Gasteiger partial charge in [-0.3, -0.25) is 4.79 Å². The van der Waals surface area contributed by atoms with Gasteiger partial charge in [-0.2, -0.15) is 0 Å². The highest BCUT2D eigenvalue weighted by Gasteiger charge is 2.30. The molecule has 0 saturated carbocycles. The Labute approximate surface area is 113 Å². The minimum atomic E-state index is -0.514. The van der Waals surface area contributed by atoms with Gasteiger partial charge in [0.25, 0.3) is 0 Å². The summed E-state index contributed by atoms with van der Waals surface area (Å²) in [5.74, 6) is -0.300. The van der Waals surface area contributed by atoms with Crippen molar-refractivity contribution in [2.75, 3.05) is 6.61 Å². The zero-order valence-corrected chi connectivity index (χ0v) is 11.6. The van der Waals surface area contributed by atoms with Crippen molar-refractivity contribution in [3.63, 3.8) is 0 Å².